The molecular formula is C13H16N4. The third-order valence-corrected chi connectivity index (χ3v) is 2.52. The smallest absolute Gasteiger partial charge is 0.136 e. The molecule has 88 valence electrons. The summed E-state index contributed by atoms with van der Waals surface area (Å²) >= 11 is 0. The van der Waals surface area contributed by atoms with Crippen molar-refractivity contribution in [2.24, 2.45) is 0 Å². The molecule has 2 rings (SSSR count). The molecule has 4 heteroatoms. The lowest BCUT2D eigenvalue weighted by atomic mass is 10.1. The molecule has 0 amide bonds. The maximum atomic E-state index is 5.69. The minimum atomic E-state index is 0.481. The van der Waals surface area contributed by atoms with Crippen LogP contribution in [0.25, 0.3) is 0 Å². The lowest BCUT2D eigenvalue weighted by Gasteiger charge is -2.10. The Morgan fingerprint density at radius 1 is 1.24 bits per heavy atom. The van der Waals surface area contributed by atoms with Crippen molar-refractivity contribution in [2.45, 2.75) is 20.3 Å². The highest BCUT2D eigenvalue weighted by molar-refractivity contribution is 5.62. The van der Waals surface area contributed by atoms with E-state index in [1.165, 1.54) is 5.56 Å². The quantitative estimate of drug-likeness (QED) is 0.847. The van der Waals surface area contributed by atoms with E-state index in [-0.39, 0.29) is 0 Å². The number of rotatable bonds is 3. The normalized spacial score (nSPS) is 10.2. The van der Waals surface area contributed by atoms with E-state index in [0.717, 1.165) is 17.9 Å². The summed E-state index contributed by atoms with van der Waals surface area (Å²) in [7, 11) is 0. The van der Waals surface area contributed by atoms with Gasteiger partial charge >= 0.3 is 0 Å². The third-order valence-electron chi connectivity index (χ3n) is 2.52. The van der Waals surface area contributed by atoms with Crippen molar-refractivity contribution in [2.75, 3.05) is 11.1 Å². The number of nitrogens with one attached hydrogen (secondary N) is 1. The molecule has 0 saturated carbocycles. The zero-order valence-corrected chi connectivity index (χ0v) is 10.1. The zero-order valence-electron chi connectivity index (χ0n) is 10.1. The van der Waals surface area contributed by atoms with Crippen LogP contribution in [0.15, 0.2) is 30.3 Å². The van der Waals surface area contributed by atoms with Crippen LogP contribution in [-0.4, -0.2) is 9.97 Å². The Morgan fingerprint density at radius 2 is 2.00 bits per heavy atom. The second-order valence-corrected chi connectivity index (χ2v) is 3.86. The Morgan fingerprint density at radius 3 is 2.71 bits per heavy atom. The molecule has 0 aliphatic rings. The Bertz CT molecular complexity index is 502. The van der Waals surface area contributed by atoms with Crippen molar-refractivity contribution in [3.8, 4) is 0 Å². The Kier molecular flexibility index (Phi) is 3.23. The first-order valence-electron chi connectivity index (χ1n) is 5.65. The molecule has 3 N–H and O–H groups in total. The van der Waals surface area contributed by atoms with Gasteiger partial charge in [0.05, 0.1) is 0 Å². The van der Waals surface area contributed by atoms with Crippen LogP contribution in [0.1, 0.15) is 18.3 Å². The van der Waals surface area contributed by atoms with E-state index in [4.69, 9.17) is 5.73 Å². The van der Waals surface area contributed by atoms with Crippen molar-refractivity contribution >= 4 is 17.3 Å². The fraction of sp³-hybridized carbons (Fsp3) is 0.231. The van der Waals surface area contributed by atoms with Crippen LogP contribution in [0.3, 0.4) is 0 Å². The molecule has 0 saturated heterocycles. The number of aryl methyl sites for hydroxylation is 2. The number of nitrogens with two attached hydrogens (primary N) is 1. The van der Waals surface area contributed by atoms with E-state index >= 15 is 0 Å². The maximum absolute atomic E-state index is 5.69. The van der Waals surface area contributed by atoms with Gasteiger partial charge in [0.1, 0.15) is 17.5 Å². The fourth-order valence-corrected chi connectivity index (χ4v) is 1.74. The van der Waals surface area contributed by atoms with Crippen molar-refractivity contribution in [1.82, 2.24) is 9.97 Å². The molecule has 0 atom stereocenters. The predicted molar refractivity (Wildman–Crippen MR) is 70.3 cm³/mol. The van der Waals surface area contributed by atoms with Crippen LogP contribution in [0, 0.1) is 6.92 Å². The molecular weight excluding hydrogens is 212 g/mol. The van der Waals surface area contributed by atoms with Crippen LogP contribution >= 0.6 is 0 Å². The van der Waals surface area contributed by atoms with Gasteiger partial charge in [-0.2, -0.15) is 0 Å². The van der Waals surface area contributed by atoms with E-state index in [0.29, 0.717) is 11.6 Å². The monoisotopic (exact) mass is 228 g/mol. The average Bonchev–Trinajstić information content (AvgIpc) is 2.28. The largest absolute Gasteiger partial charge is 0.384 e. The summed E-state index contributed by atoms with van der Waals surface area (Å²) in [5, 5.41) is 3.27. The number of benzene rings is 1. The molecule has 0 bridgehead atoms. The van der Waals surface area contributed by atoms with E-state index in [9.17, 15) is 0 Å². The van der Waals surface area contributed by atoms with Crippen molar-refractivity contribution in [3.63, 3.8) is 0 Å². The average molecular weight is 228 g/mol. The lowest BCUT2D eigenvalue weighted by Crippen LogP contribution is -2.02. The summed E-state index contributed by atoms with van der Waals surface area (Å²) < 4.78 is 0. The molecule has 0 aliphatic carbocycles. The van der Waals surface area contributed by atoms with Crippen molar-refractivity contribution in [1.29, 1.82) is 0 Å². The highest BCUT2D eigenvalue weighted by atomic mass is 15.0. The first-order chi connectivity index (χ1) is 8.19. The van der Waals surface area contributed by atoms with Gasteiger partial charge < -0.3 is 11.1 Å². The number of nitrogens with zero attached hydrogens (tertiary/aromatic N) is 2. The number of anilines is 3. The number of hydrogen-bond donors (Lipinski definition) is 2. The SMILES string of the molecule is CCc1ccccc1Nc1cc(N)nc(C)n1. The molecule has 2 aromatic rings. The van der Waals surface area contributed by atoms with Gasteiger partial charge in [-0.1, -0.05) is 25.1 Å². The van der Waals surface area contributed by atoms with E-state index in [2.05, 4.69) is 28.3 Å². The molecule has 0 unspecified atom stereocenters. The van der Waals surface area contributed by atoms with Gasteiger partial charge in [-0.25, -0.2) is 9.97 Å². The summed E-state index contributed by atoms with van der Waals surface area (Å²) in [4.78, 5) is 8.35. The summed E-state index contributed by atoms with van der Waals surface area (Å²) in [6.07, 6.45) is 0.975. The standard InChI is InChI=1S/C13H16N4/c1-3-10-6-4-5-7-11(10)17-13-8-12(14)15-9(2)16-13/h4-8H,3H2,1-2H3,(H3,14,15,16,17). The van der Waals surface area contributed by atoms with Crippen LogP contribution in [0.4, 0.5) is 17.3 Å². The molecule has 0 fully saturated rings. The van der Waals surface area contributed by atoms with Gasteiger partial charge in [-0.15, -0.1) is 0 Å². The first-order valence-corrected chi connectivity index (χ1v) is 5.65. The number of aromatic nitrogens is 2. The summed E-state index contributed by atoms with van der Waals surface area (Å²) in [5.74, 6) is 1.88. The second-order valence-electron chi connectivity index (χ2n) is 3.86. The van der Waals surface area contributed by atoms with Crippen LogP contribution in [-0.2, 0) is 6.42 Å². The molecule has 1 aromatic heterocycles. The number of hydrogen-bond acceptors (Lipinski definition) is 4. The molecule has 0 radical (unpaired) electrons. The van der Waals surface area contributed by atoms with E-state index < -0.39 is 0 Å². The Hall–Kier alpha value is -2.10. The van der Waals surface area contributed by atoms with Gasteiger partial charge in [0.15, 0.2) is 0 Å². The minimum Gasteiger partial charge on any atom is -0.384 e. The maximum Gasteiger partial charge on any atom is 0.136 e. The van der Waals surface area contributed by atoms with Crippen LogP contribution < -0.4 is 11.1 Å². The molecule has 1 heterocycles. The Labute approximate surface area is 101 Å². The van der Waals surface area contributed by atoms with E-state index in [1.807, 2.05) is 25.1 Å². The fourth-order valence-electron chi connectivity index (χ4n) is 1.74. The van der Waals surface area contributed by atoms with E-state index in [1.54, 1.807) is 6.07 Å². The molecule has 0 aliphatic heterocycles. The van der Waals surface area contributed by atoms with Crippen LogP contribution in [0.2, 0.25) is 0 Å². The van der Waals surface area contributed by atoms with Gasteiger partial charge in [-0.05, 0) is 25.0 Å². The first kappa shape index (κ1) is 11.4. The van der Waals surface area contributed by atoms with Gasteiger partial charge in [-0.3, -0.25) is 0 Å². The van der Waals surface area contributed by atoms with Gasteiger partial charge in [0.2, 0.25) is 0 Å². The summed E-state index contributed by atoms with van der Waals surface area (Å²) in [5.41, 5.74) is 8.01. The van der Waals surface area contributed by atoms with Gasteiger partial charge in [0, 0.05) is 11.8 Å². The minimum absolute atomic E-state index is 0.481. The number of para-hydroxylation sites is 1. The third kappa shape index (κ3) is 2.72. The van der Waals surface area contributed by atoms with Crippen molar-refractivity contribution in [3.05, 3.63) is 41.7 Å². The topological polar surface area (TPSA) is 63.8 Å². The second kappa shape index (κ2) is 4.82. The summed E-state index contributed by atoms with van der Waals surface area (Å²) in [6, 6.07) is 9.90. The highest BCUT2D eigenvalue weighted by Gasteiger charge is 2.03. The van der Waals surface area contributed by atoms with Gasteiger partial charge in [0.25, 0.3) is 0 Å². The zero-order chi connectivity index (χ0) is 12.3. The van der Waals surface area contributed by atoms with Crippen LogP contribution in [0.5, 0.6) is 0 Å². The molecule has 1 aromatic carbocycles. The predicted octanol–water partition coefficient (Wildman–Crippen LogP) is 2.67. The Balaban J connectivity index is 2.31. The molecule has 17 heavy (non-hydrogen) atoms. The van der Waals surface area contributed by atoms with Crippen molar-refractivity contribution < 1.29 is 0 Å². The molecule has 4 nitrogen and oxygen atoms in total. The summed E-state index contributed by atoms with van der Waals surface area (Å²) in [6.45, 7) is 3.95. The lowest BCUT2D eigenvalue weighted by molar-refractivity contribution is 1.06. The highest BCUT2D eigenvalue weighted by Crippen LogP contribution is 2.20. The molecule has 0 spiro atoms. The number of nitrogen functional groups attached to an aromatic ring is 1.